The molecule has 26 heavy (non-hydrogen) atoms. The van der Waals surface area contributed by atoms with Gasteiger partial charge in [0.15, 0.2) is 0 Å². The van der Waals surface area contributed by atoms with E-state index in [1.54, 1.807) is 17.8 Å². The molecule has 0 aliphatic rings. The van der Waals surface area contributed by atoms with Gasteiger partial charge in [-0.3, -0.25) is 14.3 Å². The standard InChI is InChI=1S/C19H23N5O2/c1-12(2)18-13(11-23(3)22-18)10-20-17(25)9-16-14-7-5-6-8-15(14)19(26)24(4)21-16/h5-8,11-12H,9-10H2,1-4H3,(H,20,25). The molecule has 0 atom stereocenters. The third-order valence-electron chi connectivity index (χ3n) is 4.32. The lowest BCUT2D eigenvalue weighted by Gasteiger charge is -2.09. The van der Waals surface area contributed by atoms with Crippen molar-refractivity contribution >= 4 is 16.7 Å². The Bertz CT molecular complexity index is 1020. The molecule has 136 valence electrons. The van der Waals surface area contributed by atoms with Gasteiger partial charge in [-0.1, -0.05) is 32.0 Å². The second kappa shape index (κ2) is 7.11. The molecule has 0 radical (unpaired) electrons. The maximum Gasteiger partial charge on any atom is 0.274 e. The highest BCUT2D eigenvalue weighted by atomic mass is 16.1. The van der Waals surface area contributed by atoms with E-state index in [1.165, 1.54) is 4.68 Å². The van der Waals surface area contributed by atoms with E-state index in [0.717, 1.165) is 16.6 Å². The number of aryl methyl sites for hydroxylation is 2. The van der Waals surface area contributed by atoms with Gasteiger partial charge in [0.2, 0.25) is 5.91 Å². The first kappa shape index (κ1) is 17.8. The van der Waals surface area contributed by atoms with Crippen LogP contribution in [0.15, 0.2) is 35.3 Å². The first-order valence-electron chi connectivity index (χ1n) is 8.61. The van der Waals surface area contributed by atoms with Crippen molar-refractivity contribution in [1.29, 1.82) is 0 Å². The summed E-state index contributed by atoms with van der Waals surface area (Å²) in [6.07, 6.45) is 2.04. The van der Waals surface area contributed by atoms with Gasteiger partial charge >= 0.3 is 0 Å². The minimum Gasteiger partial charge on any atom is -0.352 e. The van der Waals surface area contributed by atoms with E-state index in [0.29, 0.717) is 17.6 Å². The lowest BCUT2D eigenvalue weighted by molar-refractivity contribution is -0.120. The van der Waals surface area contributed by atoms with Gasteiger partial charge in [0.25, 0.3) is 5.56 Å². The summed E-state index contributed by atoms with van der Waals surface area (Å²) in [7, 11) is 3.47. The first-order valence-corrected chi connectivity index (χ1v) is 8.61. The van der Waals surface area contributed by atoms with Crippen molar-refractivity contribution in [2.45, 2.75) is 32.7 Å². The number of carbonyl (C=O) groups is 1. The van der Waals surface area contributed by atoms with E-state index >= 15 is 0 Å². The third kappa shape index (κ3) is 3.51. The summed E-state index contributed by atoms with van der Waals surface area (Å²) in [5.41, 5.74) is 2.42. The molecule has 2 heterocycles. The number of nitrogens with zero attached hydrogens (tertiary/aromatic N) is 4. The maximum absolute atomic E-state index is 12.4. The van der Waals surface area contributed by atoms with Gasteiger partial charge < -0.3 is 5.32 Å². The number of carbonyl (C=O) groups excluding carboxylic acids is 1. The summed E-state index contributed by atoms with van der Waals surface area (Å²) in [5.74, 6) is 0.150. The van der Waals surface area contributed by atoms with Crippen LogP contribution >= 0.6 is 0 Å². The van der Waals surface area contributed by atoms with Crippen molar-refractivity contribution in [3.8, 4) is 0 Å². The number of rotatable bonds is 5. The lowest BCUT2D eigenvalue weighted by atomic mass is 10.1. The van der Waals surface area contributed by atoms with Crippen LogP contribution in [0.2, 0.25) is 0 Å². The van der Waals surface area contributed by atoms with Crippen LogP contribution in [0.5, 0.6) is 0 Å². The lowest BCUT2D eigenvalue weighted by Crippen LogP contribution is -2.28. The third-order valence-corrected chi connectivity index (χ3v) is 4.32. The van der Waals surface area contributed by atoms with E-state index in [9.17, 15) is 9.59 Å². The molecule has 0 saturated heterocycles. The molecule has 0 aliphatic heterocycles. The van der Waals surface area contributed by atoms with E-state index in [1.807, 2.05) is 31.4 Å². The predicted octanol–water partition coefficient (Wildman–Crippen LogP) is 1.65. The Kier molecular flexibility index (Phi) is 4.88. The minimum atomic E-state index is -0.165. The Labute approximate surface area is 151 Å². The largest absolute Gasteiger partial charge is 0.352 e. The average Bonchev–Trinajstić information content (AvgIpc) is 2.99. The van der Waals surface area contributed by atoms with Crippen LogP contribution in [0.3, 0.4) is 0 Å². The highest BCUT2D eigenvalue weighted by Crippen LogP contribution is 2.17. The number of amides is 1. The average molecular weight is 353 g/mol. The first-order chi connectivity index (χ1) is 12.4. The molecule has 2 aromatic heterocycles. The van der Waals surface area contributed by atoms with Crippen LogP contribution in [0.1, 0.15) is 36.7 Å². The van der Waals surface area contributed by atoms with E-state index in [-0.39, 0.29) is 23.8 Å². The zero-order chi connectivity index (χ0) is 18.8. The molecule has 1 N–H and O–H groups in total. The normalized spacial score (nSPS) is 11.3. The number of fused-ring (bicyclic) bond motifs is 1. The molecule has 7 nitrogen and oxygen atoms in total. The molecule has 0 aliphatic carbocycles. The Hall–Kier alpha value is -2.96. The van der Waals surface area contributed by atoms with Crippen LogP contribution in [0, 0.1) is 0 Å². The molecule has 7 heteroatoms. The quantitative estimate of drug-likeness (QED) is 0.756. The summed E-state index contributed by atoms with van der Waals surface area (Å²) in [6.45, 7) is 4.58. The fraction of sp³-hybridized carbons (Fsp3) is 0.368. The summed E-state index contributed by atoms with van der Waals surface area (Å²) in [5, 5.41) is 12.9. The van der Waals surface area contributed by atoms with E-state index < -0.39 is 0 Å². The Morgan fingerprint density at radius 3 is 2.54 bits per heavy atom. The number of aromatic nitrogens is 4. The Balaban J connectivity index is 1.78. The molecular formula is C19H23N5O2. The summed E-state index contributed by atoms with van der Waals surface area (Å²) in [6, 6.07) is 7.23. The van der Waals surface area contributed by atoms with Crippen LogP contribution in [0.4, 0.5) is 0 Å². The van der Waals surface area contributed by atoms with Gasteiger partial charge in [0.05, 0.1) is 23.2 Å². The van der Waals surface area contributed by atoms with Gasteiger partial charge in [-0.2, -0.15) is 10.2 Å². The van der Waals surface area contributed by atoms with Crippen LogP contribution in [0.25, 0.3) is 10.8 Å². The van der Waals surface area contributed by atoms with Crippen molar-refractivity contribution in [2.24, 2.45) is 14.1 Å². The molecular weight excluding hydrogens is 330 g/mol. The number of hydrogen-bond acceptors (Lipinski definition) is 4. The van der Waals surface area contributed by atoms with Crippen molar-refractivity contribution in [3.63, 3.8) is 0 Å². The molecule has 3 aromatic rings. The fourth-order valence-electron chi connectivity index (χ4n) is 3.09. The number of hydrogen-bond donors (Lipinski definition) is 1. The summed E-state index contributed by atoms with van der Waals surface area (Å²) < 4.78 is 3.04. The molecule has 0 unspecified atom stereocenters. The van der Waals surface area contributed by atoms with Crippen LogP contribution in [-0.2, 0) is 31.9 Å². The summed E-state index contributed by atoms with van der Waals surface area (Å²) >= 11 is 0. The number of nitrogens with one attached hydrogen (secondary N) is 1. The molecule has 0 spiro atoms. The fourth-order valence-corrected chi connectivity index (χ4v) is 3.09. The minimum absolute atomic E-state index is 0.117. The van der Waals surface area contributed by atoms with Gasteiger partial charge in [-0.05, 0) is 12.0 Å². The number of benzene rings is 1. The Morgan fingerprint density at radius 2 is 1.85 bits per heavy atom. The smallest absolute Gasteiger partial charge is 0.274 e. The van der Waals surface area contributed by atoms with Crippen molar-refractivity contribution in [3.05, 3.63) is 57.8 Å². The van der Waals surface area contributed by atoms with Crippen molar-refractivity contribution in [1.82, 2.24) is 24.9 Å². The molecule has 3 rings (SSSR count). The highest BCUT2D eigenvalue weighted by molar-refractivity contribution is 5.88. The SMILES string of the molecule is CC(C)c1nn(C)cc1CNC(=O)Cc1nn(C)c(=O)c2ccccc12. The van der Waals surface area contributed by atoms with Crippen molar-refractivity contribution in [2.75, 3.05) is 0 Å². The molecule has 0 saturated carbocycles. The van der Waals surface area contributed by atoms with Crippen LogP contribution < -0.4 is 10.9 Å². The monoisotopic (exact) mass is 353 g/mol. The van der Waals surface area contributed by atoms with E-state index in [2.05, 4.69) is 29.4 Å². The van der Waals surface area contributed by atoms with Gasteiger partial charge in [0.1, 0.15) is 0 Å². The van der Waals surface area contributed by atoms with Crippen LogP contribution in [-0.4, -0.2) is 25.5 Å². The zero-order valence-corrected chi connectivity index (χ0v) is 15.5. The van der Waals surface area contributed by atoms with Gasteiger partial charge in [0, 0.05) is 37.8 Å². The molecule has 0 fully saturated rings. The Morgan fingerprint density at radius 1 is 1.15 bits per heavy atom. The molecule has 1 aromatic carbocycles. The second-order valence-corrected chi connectivity index (χ2v) is 6.74. The topological polar surface area (TPSA) is 81.8 Å². The maximum atomic E-state index is 12.4. The molecule has 0 bridgehead atoms. The van der Waals surface area contributed by atoms with E-state index in [4.69, 9.17) is 0 Å². The highest BCUT2D eigenvalue weighted by Gasteiger charge is 2.15. The molecule has 1 amide bonds. The van der Waals surface area contributed by atoms with Crippen molar-refractivity contribution < 1.29 is 4.79 Å². The summed E-state index contributed by atoms with van der Waals surface area (Å²) in [4.78, 5) is 24.6. The second-order valence-electron chi connectivity index (χ2n) is 6.74. The van der Waals surface area contributed by atoms with Gasteiger partial charge in [-0.25, -0.2) is 4.68 Å². The van der Waals surface area contributed by atoms with Gasteiger partial charge in [-0.15, -0.1) is 0 Å². The zero-order valence-electron chi connectivity index (χ0n) is 15.5. The predicted molar refractivity (Wildman–Crippen MR) is 99.8 cm³/mol.